The van der Waals surface area contributed by atoms with Crippen molar-refractivity contribution in [3.05, 3.63) is 58.5 Å². The number of anilines is 1. The van der Waals surface area contributed by atoms with Crippen LogP contribution in [-0.2, 0) is 16.1 Å². The van der Waals surface area contributed by atoms with E-state index in [-0.39, 0.29) is 11.5 Å². The molecule has 0 fully saturated rings. The second kappa shape index (κ2) is 9.93. The van der Waals surface area contributed by atoms with Gasteiger partial charge < -0.3 is 10.4 Å². The van der Waals surface area contributed by atoms with Crippen molar-refractivity contribution in [1.29, 1.82) is 0 Å². The van der Waals surface area contributed by atoms with E-state index in [2.05, 4.69) is 30.2 Å². The molecule has 26 heavy (non-hydrogen) atoms. The normalized spacial score (nSPS) is 9.54. The van der Waals surface area contributed by atoms with Gasteiger partial charge in [0.2, 0.25) is 5.91 Å². The highest BCUT2D eigenvalue weighted by Crippen LogP contribution is 2.16. The van der Waals surface area contributed by atoms with Gasteiger partial charge in [-0.2, -0.15) is 0 Å². The van der Waals surface area contributed by atoms with Gasteiger partial charge in [0.15, 0.2) is 0 Å². The summed E-state index contributed by atoms with van der Waals surface area (Å²) in [6, 6.07) is 8.76. The fourth-order valence-electron chi connectivity index (χ4n) is 1.87. The van der Waals surface area contributed by atoms with E-state index in [4.69, 9.17) is 5.11 Å². The highest BCUT2D eigenvalue weighted by Gasteiger charge is 2.14. The third kappa shape index (κ3) is 6.35. The first-order valence-electron chi connectivity index (χ1n) is 8.00. The average molecular weight is 357 g/mol. The number of carboxylic acid groups (broad SMARTS) is 1. The molecule has 7 nitrogen and oxygen atoms in total. The van der Waals surface area contributed by atoms with Gasteiger partial charge in [-0.15, -0.1) is 0 Å². The Morgan fingerprint density at radius 2 is 1.77 bits per heavy atom. The van der Waals surface area contributed by atoms with Gasteiger partial charge in [-0.3, -0.25) is 19.0 Å². The molecule has 0 atom stereocenters. The van der Waals surface area contributed by atoms with Crippen LogP contribution in [0.4, 0.5) is 5.69 Å². The largest absolute Gasteiger partial charge is 0.480 e. The van der Waals surface area contributed by atoms with E-state index in [1.165, 1.54) is 18.7 Å². The molecule has 2 rings (SSSR count). The topological polar surface area (TPSA) is 101 Å². The maximum Gasteiger partial charge on any atom is 0.323 e. The Bertz CT molecular complexity index is 851. The van der Waals surface area contributed by atoms with Crippen molar-refractivity contribution in [2.45, 2.75) is 34.2 Å². The zero-order valence-corrected chi connectivity index (χ0v) is 15.3. The van der Waals surface area contributed by atoms with E-state index in [9.17, 15) is 14.4 Å². The Balaban J connectivity index is 0.000000597. The van der Waals surface area contributed by atoms with E-state index in [0.29, 0.717) is 5.56 Å². The Morgan fingerprint density at radius 3 is 2.23 bits per heavy atom. The van der Waals surface area contributed by atoms with Gasteiger partial charge in [-0.1, -0.05) is 42.0 Å². The maximum atomic E-state index is 12.3. The van der Waals surface area contributed by atoms with Gasteiger partial charge in [-0.25, -0.2) is 4.98 Å². The van der Waals surface area contributed by atoms with E-state index in [1.54, 1.807) is 30.3 Å². The molecule has 0 radical (unpaired) electrons. The molecule has 1 aromatic carbocycles. The fourth-order valence-corrected chi connectivity index (χ4v) is 1.87. The number of nitrogens with zero attached hydrogens (tertiary/aromatic N) is 2. The lowest BCUT2D eigenvalue weighted by molar-refractivity contribution is -0.137. The van der Waals surface area contributed by atoms with E-state index in [1.807, 2.05) is 6.92 Å². The Hall–Kier alpha value is -3.22. The number of amides is 1. The fraction of sp³-hybridized carbons (Fsp3) is 0.263. The first-order chi connectivity index (χ1) is 12.3. The van der Waals surface area contributed by atoms with Crippen LogP contribution in [0.5, 0.6) is 0 Å². The lowest BCUT2D eigenvalue weighted by Crippen LogP contribution is -2.29. The second-order valence-corrected chi connectivity index (χ2v) is 5.69. The number of aliphatic carboxylic acids is 1. The molecule has 1 aromatic heterocycles. The van der Waals surface area contributed by atoms with Crippen molar-refractivity contribution in [2.24, 2.45) is 0 Å². The van der Waals surface area contributed by atoms with Crippen LogP contribution in [0.3, 0.4) is 0 Å². The number of allylic oxidation sites excluding steroid dienone is 2. The lowest BCUT2D eigenvalue weighted by Gasteiger charge is -2.12. The van der Waals surface area contributed by atoms with Gasteiger partial charge in [-0.05, 0) is 20.8 Å². The van der Waals surface area contributed by atoms with Crippen LogP contribution >= 0.6 is 0 Å². The van der Waals surface area contributed by atoms with Crippen LogP contribution in [0.1, 0.15) is 27.7 Å². The van der Waals surface area contributed by atoms with Crippen molar-refractivity contribution in [1.82, 2.24) is 9.55 Å². The summed E-state index contributed by atoms with van der Waals surface area (Å²) in [4.78, 5) is 38.4. The molecule has 0 saturated heterocycles. The molecular formula is C19H23N3O4. The smallest absolute Gasteiger partial charge is 0.323 e. The molecule has 0 bridgehead atoms. The molecule has 0 unspecified atom stereocenters. The molecular weight excluding hydrogens is 334 g/mol. The number of carbonyl (C=O) groups excluding carboxylic acids is 1. The molecule has 0 spiro atoms. The van der Waals surface area contributed by atoms with Crippen molar-refractivity contribution in [3.8, 4) is 11.4 Å². The Morgan fingerprint density at radius 1 is 1.19 bits per heavy atom. The number of hydrogen-bond donors (Lipinski definition) is 2. The first kappa shape index (κ1) is 20.8. The molecule has 0 aliphatic rings. The first-order valence-corrected chi connectivity index (χ1v) is 8.00. The van der Waals surface area contributed by atoms with Gasteiger partial charge in [0, 0.05) is 12.5 Å². The second-order valence-electron chi connectivity index (χ2n) is 5.69. The molecule has 2 N–H and O–H groups in total. The van der Waals surface area contributed by atoms with Crippen molar-refractivity contribution < 1.29 is 14.7 Å². The van der Waals surface area contributed by atoms with Crippen LogP contribution in [0.2, 0.25) is 0 Å². The number of hydrogen-bond acceptors (Lipinski definition) is 4. The molecule has 138 valence electrons. The van der Waals surface area contributed by atoms with Gasteiger partial charge in [0.25, 0.3) is 5.56 Å². The standard InChI is InChI=1S/C14H13N3O4.C5H10/c1-9(18)16-11-7-15-13(10-5-3-2-4-6-10)17(14(11)21)8-12(19)20;1-4-5(2)3/h2-7H,8H2,1H3,(H,16,18)(H,19,20);4H,1-3H3. The average Bonchev–Trinajstić information content (AvgIpc) is 2.59. The summed E-state index contributed by atoms with van der Waals surface area (Å²) < 4.78 is 1.02. The number of rotatable bonds is 4. The lowest BCUT2D eigenvalue weighted by atomic mass is 10.2. The summed E-state index contributed by atoms with van der Waals surface area (Å²) in [6.07, 6.45) is 3.31. The third-order valence-electron chi connectivity index (χ3n) is 3.26. The predicted molar refractivity (Wildman–Crippen MR) is 101 cm³/mol. The molecule has 0 aliphatic carbocycles. The van der Waals surface area contributed by atoms with Gasteiger partial charge >= 0.3 is 5.97 Å². The zero-order chi connectivity index (χ0) is 19.7. The van der Waals surface area contributed by atoms with Gasteiger partial charge in [0.1, 0.15) is 18.1 Å². The number of benzene rings is 1. The third-order valence-corrected chi connectivity index (χ3v) is 3.26. The summed E-state index contributed by atoms with van der Waals surface area (Å²) in [5.41, 5.74) is 1.33. The summed E-state index contributed by atoms with van der Waals surface area (Å²) in [6.45, 7) is 6.92. The maximum absolute atomic E-state index is 12.3. The van der Waals surface area contributed by atoms with E-state index in [0.717, 1.165) is 4.57 Å². The summed E-state index contributed by atoms with van der Waals surface area (Å²) >= 11 is 0. The number of nitrogens with one attached hydrogen (secondary N) is 1. The van der Waals surface area contributed by atoms with Crippen LogP contribution in [-0.4, -0.2) is 26.5 Å². The SMILES string of the molecule is CC(=O)Nc1cnc(-c2ccccc2)n(CC(=O)O)c1=O.CC=C(C)C. The highest BCUT2D eigenvalue weighted by molar-refractivity contribution is 5.88. The van der Waals surface area contributed by atoms with Gasteiger partial charge in [0.05, 0.1) is 6.20 Å². The van der Waals surface area contributed by atoms with Crippen molar-refractivity contribution in [3.63, 3.8) is 0 Å². The Kier molecular flexibility index (Phi) is 7.95. The number of aromatic nitrogens is 2. The number of carboxylic acids is 1. The van der Waals surface area contributed by atoms with Crippen LogP contribution in [0.15, 0.2) is 53.0 Å². The number of carbonyl (C=O) groups is 2. The summed E-state index contributed by atoms with van der Waals surface area (Å²) in [5, 5.41) is 11.3. The quantitative estimate of drug-likeness (QED) is 0.819. The Labute approximate surface area is 152 Å². The minimum Gasteiger partial charge on any atom is -0.480 e. The van der Waals surface area contributed by atoms with Crippen molar-refractivity contribution >= 4 is 17.6 Å². The molecule has 0 aliphatic heterocycles. The molecule has 7 heteroatoms. The van der Waals surface area contributed by atoms with Crippen LogP contribution in [0, 0.1) is 0 Å². The van der Waals surface area contributed by atoms with E-state index >= 15 is 0 Å². The predicted octanol–water partition coefficient (Wildman–Crippen LogP) is 2.93. The summed E-state index contributed by atoms with van der Waals surface area (Å²) in [7, 11) is 0. The van der Waals surface area contributed by atoms with Crippen LogP contribution in [0.25, 0.3) is 11.4 Å². The molecule has 1 heterocycles. The van der Waals surface area contributed by atoms with Crippen molar-refractivity contribution in [2.75, 3.05) is 5.32 Å². The monoisotopic (exact) mass is 357 g/mol. The van der Waals surface area contributed by atoms with E-state index < -0.39 is 24.0 Å². The van der Waals surface area contributed by atoms with Crippen LogP contribution < -0.4 is 10.9 Å². The minimum atomic E-state index is -1.17. The molecule has 0 saturated carbocycles. The summed E-state index contributed by atoms with van der Waals surface area (Å²) in [5.74, 6) is -1.36. The molecule has 2 aromatic rings. The zero-order valence-electron chi connectivity index (χ0n) is 15.3. The minimum absolute atomic E-state index is 0.0524. The molecule has 1 amide bonds. The highest BCUT2D eigenvalue weighted by atomic mass is 16.4.